The van der Waals surface area contributed by atoms with Crippen LogP contribution in [-0.4, -0.2) is 5.71 Å². The van der Waals surface area contributed by atoms with Crippen LogP contribution in [0.1, 0.15) is 48.1 Å². The molecule has 0 amide bonds. The van der Waals surface area contributed by atoms with Crippen LogP contribution in [0.2, 0.25) is 0 Å². The highest BCUT2D eigenvalue weighted by molar-refractivity contribution is 6.04. The van der Waals surface area contributed by atoms with Crippen LogP contribution in [0.4, 0.5) is 5.69 Å². The Labute approximate surface area is 145 Å². The summed E-state index contributed by atoms with van der Waals surface area (Å²) in [7, 11) is 0. The zero-order valence-corrected chi connectivity index (χ0v) is 15.3. The highest BCUT2D eigenvalue weighted by Crippen LogP contribution is 2.31. The molecule has 122 valence electrons. The van der Waals surface area contributed by atoms with Crippen LogP contribution in [0.15, 0.2) is 59.1 Å². The van der Waals surface area contributed by atoms with Crippen LogP contribution < -0.4 is 0 Å². The molecule has 0 aliphatic heterocycles. The average Bonchev–Trinajstić information content (AvgIpc) is 2.97. The van der Waals surface area contributed by atoms with Crippen molar-refractivity contribution in [2.75, 3.05) is 0 Å². The molecule has 0 unspecified atom stereocenters. The lowest BCUT2D eigenvalue weighted by Crippen LogP contribution is -2.00. The molecule has 0 fully saturated rings. The molecule has 1 heteroatoms. The standard InChI is InChI=1S/C23H25N/c1-15-10-11-20(14-15)22-9-7-6-8-21(22)19(5)24-23-17(3)12-16(2)13-18(23)4/h6-10,12-14H,11H2,1-5H3. The van der Waals surface area contributed by atoms with Gasteiger partial charge in [-0.15, -0.1) is 0 Å². The molecule has 0 aromatic heterocycles. The Hall–Kier alpha value is -2.41. The van der Waals surface area contributed by atoms with Crippen molar-refractivity contribution in [3.8, 4) is 0 Å². The predicted octanol–water partition coefficient (Wildman–Crippen LogP) is 6.49. The molecule has 1 aliphatic rings. The first-order chi connectivity index (χ1) is 11.5. The third-order valence-electron chi connectivity index (χ3n) is 4.62. The van der Waals surface area contributed by atoms with E-state index in [0.717, 1.165) is 17.8 Å². The second-order valence-corrected chi connectivity index (χ2v) is 6.81. The SMILES string of the molecule is CC1=CCC(c2ccccc2C(C)=Nc2c(C)cc(C)cc2C)=C1. The zero-order chi connectivity index (χ0) is 17.3. The van der Waals surface area contributed by atoms with E-state index in [4.69, 9.17) is 4.99 Å². The maximum absolute atomic E-state index is 4.99. The smallest absolute Gasteiger partial charge is 0.0691 e. The fourth-order valence-electron chi connectivity index (χ4n) is 3.51. The normalized spacial score (nSPS) is 14.6. The summed E-state index contributed by atoms with van der Waals surface area (Å²) in [6.07, 6.45) is 5.58. The summed E-state index contributed by atoms with van der Waals surface area (Å²) in [6, 6.07) is 13.0. The summed E-state index contributed by atoms with van der Waals surface area (Å²) < 4.78 is 0. The van der Waals surface area contributed by atoms with Gasteiger partial charge in [-0.25, -0.2) is 0 Å². The van der Waals surface area contributed by atoms with Crippen molar-refractivity contribution in [3.05, 3.63) is 81.9 Å². The van der Waals surface area contributed by atoms with Crippen molar-refractivity contribution < 1.29 is 0 Å². The lowest BCUT2D eigenvalue weighted by Gasteiger charge is -2.12. The van der Waals surface area contributed by atoms with Crippen molar-refractivity contribution in [2.24, 2.45) is 4.99 Å². The lowest BCUT2D eigenvalue weighted by atomic mass is 9.96. The van der Waals surface area contributed by atoms with E-state index in [9.17, 15) is 0 Å². The van der Waals surface area contributed by atoms with Crippen molar-refractivity contribution in [3.63, 3.8) is 0 Å². The number of hydrogen-bond donors (Lipinski definition) is 0. The molecule has 3 rings (SSSR count). The predicted molar refractivity (Wildman–Crippen MR) is 105 cm³/mol. The minimum atomic E-state index is 1.01. The quantitative estimate of drug-likeness (QED) is 0.574. The molecule has 0 N–H and O–H groups in total. The van der Waals surface area contributed by atoms with Crippen molar-refractivity contribution in [2.45, 2.75) is 41.0 Å². The molecule has 0 heterocycles. The largest absolute Gasteiger partial charge is 0.253 e. The Kier molecular flexibility index (Phi) is 4.53. The number of allylic oxidation sites excluding steroid dienone is 4. The fraction of sp³-hybridized carbons (Fsp3) is 0.261. The van der Waals surface area contributed by atoms with Crippen LogP contribution in [-0.2, 0) is 0 Å². The Morgan fingerprint density at radius 3 is 2.25 bits per heavy atom. The number of aliphatic imine (C=N–C) groups is 1. The van der Waals surface area contributed by atoms with Gasteiger partial charge in [-0.2, -0.15) is 0 Å². The molecule has 0 bridgehead atoms. The fourth-order valence-corrected chi connectivity index (χ4v) is 3.51. The van der Waals surface area contributed by atoms with Crippen LogP contribution in [0.25, 0.3) is 5.57 Å². The van der Waals surface area contributed by atoms with E-state index < -0.39 is 0 Å². The average molecular weight is 315 g/mol. The van der Waals surface area contributed by atoms with Gasteiger partial charge >= 0.3 is 0 Å². The van der Waals surface area contributed by atoms with E-state index in [0.29, 0.717) is 0 Å². The van der Waals surface area contributed by atoms with E-state index in [2.05, 4.69) is 83.2 Å². The molecule has 0 spiro atoms. The van der Waals surface area contributed by atoms with E-state index in [1.54, 1.807) is 0 Å². The molecule has 2 aromatic carbocycles. The second kappa shape index (κ2) is 6.60. The molecule has 0 atom stereocenters. The second-order valence-electron chi connectivity index (χ2n) is 6.81. The summed E-state index contributed by atoms with van der Waals surface area (Å²) in [5.74, 6) is 0. The van der Waals surface area contributed by atoms with Crippen LogP contribution in [0.5, 0.6) is 0 Å². The number of benzene rings is 2. The number of nitrogens with zero attached hydrogens (tertiary/aromatic N) is 1. The Morgan fingerprint density at radius 1 is 0.958 bits per heavy atom. The van der Waals surface area contributed by atoms with Crippen molar-refractivity contribution in [1.82, 2.24) is 0 Å². The maximum Gasteiger partial charge on any atom is 0.0691 e. The molecule has 0 saturated heterocycles. The molecule has 2 aromatic rings. The van der Waals surface area contributed by atoms with Crippen molar-refractivity contribution >= 4 is 17.0 Å². The minimum absolute atomic E-state index is 1.01. The summed E-state index contributed by atoms with van der Waals surface area (Å²) in [4.78, 5) is 4.99. The monoisotopic (exact) mass is 315 g/mol. The summed E-state index contributed by atoms with van der Waals surface area (Å²) in [6.45, 7) is 10.7. The van der Waals surface area contributed by atoms with Gasteiger partial charge in [0.25, 0.3) is 0 Å². The Bertz CT molecular complexity index is 856. The summed E-state index contributed by atoms with van der Waals surface area (Å²) in [5, 5.41) is 0. The summed E-state index contributed by atoms with van der Waals surface area (Å²) >= 11 is 0. The molecule has 0 radical (unpaired) electrons. The number of aryl methyl sites for hydroxylation is 3. The van der Waals surface area contributed by atoms with Gasteiger partial charge in [0.15, 0.2) is 0 Å². The van der Waals surface area contributed by atoms with Gasteiger partial charge in [-0.1, -0.05) is 59.7 Å². The van der Waals surface area contributed by atoms with E-state index in [1.807, 2.05) is 0 Å². The summed E-state index contributed by atoms with van der Waals surface area (Å²) in [5.41, 5.74) is 11.2. The lowest BCUT2D eigenvalue weighted by molar-refractivity contribution is 1.28. The number of hydrogen-bond acceptors (Lipinski definition) is 1. The highest BCUT2D eigenvalue weighted by atomic mass is 14.8. The maximum atomic E-state index is 4.99. The molecule has 1 aliphatic carbocycles. The van der Waals surface area contributed by atoms with Gasteiger partial charge in [0, 0.05) is 11.3 Å². The van der Waals surface area contributed by atoms with Gasteiger partial charge in [0.1, 0.15) is 0 Å². The first kappa shape index (κ1) is 16.4. The molecular weight excluding hydrogens is 290 g/mol. The Balaban J connectivity index is 2.06. The van der Waals surface area contributed by atoms with Gasteiger partial charge < -0.3 is 0 Å². The molecule has 1 nitrogen and oxygen atoms in total. The van der Waals surface area contributed by atoms with Crippen LogP contribution in [0.3, 0.4) is 0 Å². The van der Waals surface area contributed by atoms with E-state index >= 15 is 0 Å². The first-order valence-electron chi connectivity index (χ1n) is 8.56. The third kappa shape index (κ3) is 3.26. The minimum Gasteiger partial charge on any atom is -0.253 e. The molecular formula is C23H25N. The van der Waals surface area contributed by atoms with Crippen molar-refractivity contribution in [1.29, 1.82) is 0 Å². The van der Waals surface area contributed by atoms with E-state index in [1.165, 1.54) is 39.0 Å². The topological polar surface area (TPSA) is 12.4 Å². The highest BCUT2D eigenvalue weighted by Gasteiger charge is 2.13. The molecule has 0 saturated carbocycles. The third-order valence-corrected chi connectivity index (χ3v) is 4.62. The van der Waals surface area contributed by atoms with Crippen LogP contribution >= 0.6 is 0 Å². The molecule has 24 heavy (non-hydrogen) atoms. The zero-order valence-electron chi connectivity index (χ0n) is 15.3. The van der Waals surface area contributed by atoms with Gasteiger partial charge in [0.2, 0.25) is 0 Å². The van der Waals surface area contributed by atoms with Gasteiger partial charge in [0.05, 0.1) is 5.69 Å². The van der Waals surface area contributed by atoms with Gasteiger partial charge in [-0.3, -0.25) is 4.99 Å². The Morgan fingerprint density at radius 2 is 1.62 bits per heavy atom. The van der Waals surface area contributed by atoms with Crippen LogP contribution in [0, 0.1) is 20.8 Å². The first-order valence-corrected chi connectivity index (χ1v) is 8.56. The number of rotatable bonds is 3. The van der Waals surface area contributed by atoms with E-state index in [-0.39, 0.29) is 0 Å². The van der Waals surface area contributed by atoms with Gasteiger partial charge in [-0.05, 0) is 63.3 Å².